The molecule has 0 bridgehead atoms. The second-order valence-electron chi connectivity index (χ2n) is 11.8. The Morgan fingerprint density at radius 1 is 0.333 bits per heavy atom. The average Bonchev–Trinajstić information content (AvgIpc) is 3.76. The minimum Gasteiger partial charge on any atom is -0.456 e. The van der Waals surface area contributed by atoms with Crippen LogP contribution in [0.3, 0.4) is 0 Å². The van der Waals surface area contributed by atoms with Crippen molar-refractivity contribution in [2.45, 2.75) is 0 Å². The van der Waals surface area contributed by atoms with Crippen LogP contribution in [0.4, 0.5) is 0 Å². The molecule has 3 nitrogen and oxygen atoms in total. The first kappa shape index (κ1) is 24.4. The summed E-state index contributed by atoms with van der Waals surface area (Å²) in [6, 6.07) is 56.5. The van der Waals surface area contributed by atoms with Crippen LogP contribution < -0.4 is 0 Å². The molecule has 10 aromatic rings. The Labute approximate surface area is 258 Å². The maximum absolute atomic E-state index is 6.37. The largest absolute Gasteiger partial charge is 0.456 e. The second kappa shape index (κ2) is 9.22. The summed E-state index contributed by atoms with van der Waals surface area (Å²) < 4.78 is 11.2. The first-order valence-electron chi connectivity index (χ1n) is 15.4. The van der Waals surface area contributed by atoms with Crippen LogP contribution >= 0.6 is 0 Å². The van der Waals surface area contributed by atoms with Gasteiger partial charge in [-0.3, -0.25) is 0 Å². The number of para-hydroxylation sites is 3. The van der Waals surface area contributed by atoms with Crippen molar-refractivity contribution in [3.63, 3.8) is 0 Å². The molecule has 3 heteroatoms. The number of hydrogen-bond acceptors (Lipinski definition) is 1. The Bertz CT molecular complexity index is 2740. The minimum absolute atomic E-state index is 0.892. The highest BCUT2D eigenvalue weighted by molar-refractivity contribution is 6.24. The molecule has 0 spiro atoms. The van der Waals surface area contributed by atoms with Crippen molar-refractivity contribution in [3.8, 4) is 22.5 Å². The van der Waals surface area contributed by atoms with E-state index in [-0.39, 0.29) is 0 Å². The van der Waals surface area contributed by atoms with Crippen LogP contribution in [0.25, 0.3) is 88.1 Å². The Morgan fingerprint density at radius 2 is 0.822 bits per heavy atom. The summed E-state index contributed by atoms with van der Waals surface area (Å²) in [5, 5.41) is 7.21. The zero-order chi connectivity index (χ0) is 29.5. The van der Waals surface area contributed by atoms with Crippen molar-refractivity contribution in [2.75, 3.05) is 0 Å². The molecule has 0 saturated carbocycles. The average molecular weight is 575 g/mol. The number of aromatic nitrogens is 2. The second-order valence-corrected chi connectivity index (χ2v) is 11.8. The van der Waals surface area contributed by atoms with E-state index in [2.05, 4.69) is 155 Å². The van der Waals surface area contributed by atoms with Crippen molar-refractivity contribution in [3.05, 3.63) is 158 Å². The molecule has 0 N–H and O–H groups in total. The molecule has 0 radical (unpaired) electrons. The Morgan fingerprint density at radius 3 is 1.51 bits per heavy atom. The van der Waals surface area contributed by atoms with Gasteiger partial charge in [0.2, 0.25) is 0 Å². The van der Waals surface area contributed by atoms with Gasteiger partial charge in [-0.25, -0.2) is 0 Å². The first-order chi connectivity index (χ1) is 22.3. The smallest absolute Gasteiger partial charge is 0.137 e. The van der Waals surface area contributed by atoms with E-state index in [0.717, 1.165) is 33.3 Å². The first-order valence-corrected chi connectivity index (χ1v) is 15.4. The molecule has 3 heterocycles. The molecule has 0 unspecified atom stereocenters. The van der Waals surface area contributed by atoms with Gasteiger partial charge in [-0.1, -0.05) is 109 Å². The Kier molecular flexibility index (Phi) is 5.00. The minimum atomic E-state index is 0.892. The van der Waals surface area contributed by atoms with E-state index in [1.54, 1.807) is 0 Å². The highest BCUT2D eigenvalue weighted by atomic mass is 16.3. The van der Waals surface area contributed by atoms with E-state index >= 15 is 0 Å². The van der Waals surface area contributed by atoms with Gasteiger partial charge in [-0.2, -0.15) is 0 Å². The fourth-order valence-corrected chi connectivity index (χ4v) is 7.32. The lowest BCUT2D eigenvalue weighted by molar-refractivity contribution is 0.668. The quantitative estimate of drug-likeness (QED) is 0.206. The molecule has 0 atom stereocenters. The maximum Gasteiger partial charge on any atom is 0.137 e. The molecule has 0 aliphatic carbocycles. The van der Waals surface area contributed by atoms with Gasteiger partial charge in [0.05, 0.1) is 27.8 Å². The van der Waals surface area contributed by atoms with Crippen molar-refractivity contribution < 1.29 is 4.42 Å². The van der Waals surface area contributed by atoms with Crippen LogP contribution in [0.15, 0.2) is 162 Å². The molecule has 0 amide bonds. The van der Waals surface area contributed by atoms with Gasteiger partial charge in [-0.15, -0.1) is 0 Å². The normalized spacial score (nSPS) is 12.0. The molecule has 10 rings (SSSR count). The number of benzene rings is 7. The molecule has 0 aliphatic heterocycles. The topological polar surface area (TPSA) is 23.0 Å². The molecule has 0 aliphatic rings. The van der Waals surface area contributed by atoms with Crippen molar-refractivity contribution >= 4 is 65.6 Å². The summed E-state index contributed by atoms with van der Waals surface area (Å²) in [5.41, 5.74) is 11.2. The molecule has 0 fully saturated rings. The fourth-order valence-electron chi connectivity index (χ4n) is 7.32. The lowest BCUT2D eigenvalue weighted by atomic mass is 10.1. The molecule has 0 saturated heterocycles. The van der Waals surface area contributed by atoms with Gasteiger partial charge in [-0.05, 0) is 53.6 Å². The zero-order valence-electron chi connectivity index (χ0n) is 24.3. The summed E-state index contributed by atoms with van der Waals surface area (Å²) in [6.07, 6.45) is 0. The molecule has 45 heavy (non-hydrogen) atoms. The van der Waals surface area contributed by atoms with Gasteiger partial charge >= 0.3 is 0 Å². The molecular formula is C42H26N2O. The third-order valence-corrected chi connectivity index (χ3v) is 9.32. The summed E-state index contributed by atoms with van der Waals surface area (Å²) in [7, 11) is 0. The van der Waals surface area contributed by atoms with E-state index in [9.17, 15) is 0 Å². The molecule has 7 aromatic carbocycles. The van der Waals surface area contributed by atoms with E-state index in [1.807, 2.05) is 12.1 Å². The van der Waals surface area contributed by atoms with Crippen molar-refractivity contribution in [2.24, 2.45) is 0 Å². The third kappa shape index (κ3) is 3.46. The molecule has 210 valence electrons. The lowest BCUT2D eigenvalue weighted by Crippen LogP contribution is -1.98. The van der Waals surface area contributed by atoms with Crippen LogP contribution in [0, 0.1) is 0 Å². The SMILES string of the molecule is c1ccc(-c2ccc(-n3c4ccccc4c4ccc5c6ccccc6n(-c6ccc7c(c6)oc6ccccc67)c5c43)cc2)cc1. The number of nitrogens with zero attached hydrogens (tertiary/aromatic N) is 2. The Hall–Kier alpha value is -6.06. The molecule has 3 aromatic heterocycles. The number of furan rings is 1. The monoisotopic (exact) mass is 574 g/mol. The number of hydrogen-bond donors (Lipinski definition) is 0. The summed E-state index contributed by atoms with van der Waals surface area (Å²) in [5.74, 6) is 0. The van der Waals surface area contributed by atoms with E-state index in [0.29, 0.717) is 0 Å². The van der Waals surface area contributed by atoms with Crippen LogP contribution in [0.1, 0.15) is 0 Å². The zero-order valence-corrected chi connectivity index (χ0v) is 24.3. The molecular weight excluding hydrogens is 548 g/mol. The maximum atomic E-state index is 6.37. The summed E-state index contributed by atoms with van der Waals surface area (Å²) in [6.45, 7) is 0. The third-order valence-electron chi connectivity index (χ3n) is 9.32. The number of fused-ring (bicyclic) bond motifs is 10. The van der Waals surface area contributed by atoms with Gasteiger partial charge in [0, 0.05) is 44.1 Å². The lowest BCUT2D eigenvalue weighted by Gasteiger charge is -2.13. The van der Waals surface area contributed by atoms with E-state index in [1.165, 1.54) is 54.7 Å². The Balaban J connectivity index is 1.32. The van der Waals surface area contributed by atoms with Crippen LogP contribution in [-0.4, -0.2) is 9.13 Å². The van der Waals surface area contributed by atoms with E-state index < -0.39 is 0 Å². The number of rotatable bonds is 3. The van der Waals surface area contributed by atoms with Gasteiger partial charge in [0.1, 0.15) is 11.2 Å². The van der Waals surface area contributed by atoms with Crippen LogP contribution in [0.5, 0.6) is 0 Å². The highest BCUT2D eigenvalue weighted by Gasteiger charge is 2.21. The van der Waals surface area contributed by atoms with Crippen LogP contribution in [-0.2, 0) is 0 Å². The predicted molar refractivity (Wildman–Crippen MR) is 188 cm³/mol. The van der Waals surface area contributed by atoms with Gasteiger partial charge < -0.3 is 13.6 Å². The predicted octanol–water partition coefficient (Wildman–Crippen LogP) is 11.4. The van der Waals surface area contributed by atoms with Crippen LogP contribution in [0.2, 0.25) is 0 Å². The summed E-state index contributed by atoms with van der Waals surface area (Å²) in [4.78, 5) is 0. The van der Waals surface area contributed by atoms with Gasteiger partial charge in [0.25, 0.3) is 0 Å². The highest BCUT2D eigenvalue weighted by Crippen LogP contribution is 2.42. The van der Waals surface area contributed by atoms with Gasteiger partial charge in [0.15, 0.2) is 0 Å². The van der Waals surface area contributed by atoms with E-state index in [4.69, 9.17) is 4.42 Å². The van der Waals surface area contributed by atoms with Crippen molar-refractivity contribution in [1.82, 2.24) is 9.13 Å². The summed E-state index contributed by atoms with van der Waals surface area (Å²) >= 11 is 0. The standard InChI is InChI=1S/C42H26N2O/c1-2-10-27(11-3-1)28-18-20-29(21-19-28)43-37-15-7-4-12-31(37)35-24-25-36-32-13-5-8-16-38(32)44(42(36)41(35)43)30-22-23-34-33-14-6-9-17-39(33)45-40(34)26-30/h1-26H. The fraction of sp³-hybridized carbons (Fsp3) is 0. The van der Waals surface area contributed by atoms with Crippen molar-refractivity contribution in [1.29, 1.82) is 0 Å².